The Morgan fingerprint density at radius 2 is 2.33 bits per heavy atom. The van der Waals surface area contributed by atoms with Crippen molar-refractivity contribution in [2.45, 2.75) is 25.0 Å². The summed E-state index contributed by atoms with van der Waals surface area (Å²) in [6, 6.07) is 1.35. The van der Waals surface area contributed by atoms with Crippen LogP contribution in [-0.4, -0.2) is 28.6 Å². The number of H-pyrrole nitrogens is 1. The van der Waals surface area contributed by atoms with Gasteiger partial charge in [0, 0.05) is 18.8 Å². The molecular formula is C9H12N4O4S. The standard InChI is InChI=1S/C9H12N4O4S/c1-6-12-9(13-17-6)4-11-18(15,16)8-2-7(5-14)10-3-8/h2-3,10-11,14H,4-5H2,1H3. The lowest BCUT2D eigenvalue weighted by Crippen LogP contribution is -2.23. The highest BCUT2D eigenvalue weighted by atomic mass is 32.2. The van der Waals surface area contributed by atoms with Gasteiger partial charge in [-0.05, 0) is 6.07 Å². The summed E-state index contributed by atoms with van der Waals surface area (Å²) in [4.78, 5) is 6.57. The molecule has 98 valence electrons. The molecule has 0 radical (unpaired) electrons. The Balaban J connectivity index is 2.07. The number of aromatic amines is 1. The number of rotatable bonds is 5. The highest BCUT2D eigenvalue weighted by molar-refractivity contribution is 7.89. The van der Waals surface area contributed by atoms with Crippen molar-refractivity contribution in [2.75, 3.05) is 0 Å². The molecule has 0 unspecified atom stereocenters. The first kappa shape index (κ1) is 12.7. The summed E-state index contributed by atoms with van der Waals surface area (Å²) < 4.78 is 30.7. The van der Waals surface area contributed by atoms with E-state index in [-0.39, 0.29) is 23.9 Å². The van der Waals surface area contributed by atoms with Crippen LogP contribution in [-0.2, 0) is 23.2 Å². The molecule has 0 fully saturated rings. The zero-order valence-electron chi connectivity index (χ0n) is 9.54. The molecule has 0 amide bonds. The Morgan fingerprint density at radius 1 is 1.56 bits per heavy atom. The predicted molar refractivity (Wildman–Crippen MR) is 59.8 cm³/mol. The summed E-state index contributed by atoms with van der Waals surface area (Å²) >= 11 is 0. The molecule has 0 bridgehead atoms. The molecule has 0 aliphatic heterocycles. The van der Waals surface area contributed by atoms with E-state index in [0.29, 0.717) is 11.6 Å². The lowest BCUT2D eigenvalue weighted by molar-refractivity contribution is 0.277. The van der Waals surface area contributed by atoms with Crippen molar-refractivity contribution >= 4 is 10.0 Å². The quantitative estimate of drug-likeness (QED) is 0.685. The summed E-state index contributed by atoms with van der Waals surface area (Å²) in [5, 5.41) is 12.4. The Morgan fingerprint density at radius 3 is 2.89 bits per heavy atom. The molecule has 0 aliphatic carbocycles. The minimum absolute atomic E-state index is 0.0479. The Bertz CT molecular complexity index is 631. The molecule has 2 heterocycles. The lowest BCUT2D eigenvalue weighted by atomic mass is 10.5. The first-order valence-corrected chi connectivity index (χ1v) is 6.56. The van der Waals surface area contributed by atoms with Gasteiger partial charge in [-0.3, -0.25) is 0 Å². The minimum Gasteiger partial charge on any atom is -0.390 e. The molecule has 0 saturated carbocycles. The molecule has 2 aromatic heterocycles. The number of hydrogen-bond donors (Lipinski definition) is 3. The summed E-state index contributed by atoms with van der Waals surface area (Å²) in [5.41, 5.74) is 0.422. The Hall–Kier alpha value is -1.71. The van der Waals surface area contributed by atoms with Crippen LogP contribution in [0.25, 0.3) is 0 Å². The average Bonchev–Trinajstić information content (AvgIpc) is 2.95. The predicted octanol–water partition coefficient (Wildman–Crippen LogP) is -0.323. The second-order valence-electron chi connectivity index (χ2n) is 3.57. The van der Waals surface area contributed by atoms with E-state index in [4.69, 9.17) is 9.63 Å². The molecular weight excluding hydrogens is 260 g/mol. The SMILES string of the molecule is Cc1nc(CNS(=O)(=O)c2c[nH]c(CO)c2)no1. The fourth-order valence-corrected chi connectivity index (χ4v) is 2.32. The van der Waals surface area contributed by atoms with Gasteiger partial charge in [0.15, 0.2) is 5.82 Å². The Kier molecular flexibility index (Phi) is 3.45. The number of aromatic nitrogens is 3. The fourth-order valence-electron chi connectivity index (χ4n) is 1.32. The Labute approximate surface area is 103 Å². The minimum atomic E-state index is -3.65. The van der Waals surface area contributed by atoms with Gasteiger partial charge in [0.2, 0.25) is 15.9 Å². The van der Waals surface area contributed by atoms with E-state index in [9.17, 15) is 8.42 Å². The molecule has 9 heteroatoms. The monoisotopic (exact) mass is 272 g/mol. The van der Waals surface area contributed by atoms with Gasteiger partial charge in [-0.1, -0.05) is 5.16 Å². The molecule has 8 nitrogen and oxygen atoms in total. The molecule has 0 aliphatic rings. The van der Waals surface area contributed by atoms with E-state index in [1.54, 1.807) is 6.92 Å². The number of aliphatic hydroxyl groups excluding tert-OH is 1. The molecule has 0 saturated heterocycles. The number of nitrogens with zero attached hydrogens (tertiary/aromatic N) is 2. The summed E-state index contributed by atoms with van der Waals surface area (Å²) in [5.74, 6) is 0.627. The van der Waals surface area contributed by atoms with Gasteiger partial charge in [0.1, 0.15) is 0 Å². The van der Waals surface area contributed by atoms with Crippen LogP contribution in [0.4, 0.5) is 0 Å². The topological polar surface area (TPSA) is 121 Å². The van der Waals surface area contributed by atoms with Crippen LogP contribution in [0.2, 0.25) is 0 Å². The highest BCUT2D eigenvalue weighted by Gasteiger charge is 2.16. The van der Waals surface area contributed by atoms with E-state index in [2.05, 4.69) is 19.8 Å². The third-order valence-corrected chi connectivity index (χ3v) is 3.57. The molecule has 2 rings (SSSR count). The van der Waals surface area contributed by atoms with E-state index in [0.717, 1.165) is 0 Å². The average molecular weight is 272 g/mol. The third-order valence-electron chi connectivity index (χ3n) is 2.19. The van der Waals surface area contributed by atoms with Crippen LogP contribution in [0.3, 0.4) is 0 Å². The largest absolute Gasteiger partial charge is 0.390 e. The van der Waals surface area contributed by atoms with Gasteiger partial charge in [0.25, 0.3) is 0 Å². The van der Waals surface area contributed by atoms with Crippen LogP contribution < -0.4 is 4.72 Å². The summed E-state index contributed by atoms with van der Waals surface area (Å²) in [6.07, 6.45) is 1.30. The molecule has 0 aromatic carbocycles. The number of sulfonamides is 1. The maximum Gasteiger partial charge on any atom is 0.242 e. The molecule has 2 aromatic rings. The lowest BCUT2D eigenvalue weighted by Gasteiger charge is -2.01. The first-order chi connectivity index (χ1) is 8.51. The number of nitrogens with one attached hydrogen (secondary N) is 2. The summed E-state index contributed by atoms with van der Waals surface area (Å²) in [6.45, 7) is 1.31. The van der Waals surface area contributed by atoms with Crippen molar-refractivity contribution < 1.29 is 18.0 Å². The van der Waals surface area contributed by atoms with Crippen LogP contribution in [0.15, 0.2) is 21.7 Å². The van der Waals surface area contributed by atoms with E-state index in [1.165, 1.54) is 12.3 Å². The van der Waals surface area contributed by atoms with E-state index in [1.807, 2.05) is 0 Å². The smallest absolute Gasteiger partial charge is 0.242 e. The number of aliphatic hydroxyl groups is 1. The van der Waals surface area contributed by atoms with Gasteiger partial charge >= 0.3 is 0 Å². The van der Waals surface area contributed by atoms with Gasteiger partial charge in [0.05, 0.1) is 18.0 Å². The zero-order valence-corrected chi connectivity index (χ0v) is 10.4. The first-order valence-electron chi connectivity index (χ1n) is 5.08. The maximum absolute atomic E-state index is 11.8. The van der Waals surface area contributed by atoms with Gasteiger partial charge in [-0.25, -0.2) is 13.1 Å². The summed E-state index contributed by atoms with van der Waals surface area (Å²) in [7, 11) is -3.65. The fraction of sp³-hybridized carbons (Fsp3) is 0.333. The van der Waals surface area contributed by atoms with Crippen LogP contribution >= 0.6 is 0 Å². The van der Waals surface area contributed by atoms with Crippen molar-refractivity contribution in [3.63, 3.8) is 0 Å². The zero-order chi connectivity index (χ0) is 13.2. The second-order valence-corrected chi connectivity index (χ2v) is 5.34. The normalized spacial score (nSPS) is 11.9. The number of aryl methyl sites for hydroxylation is 1. The molecule has 0 spiro atoms. The van der Waals surface area contributed by atoms with Crippen molar-refractivity contribution in [2.24, 2.45) is 0 Å². The van der Waals surface area contributed by atoms with E-state index >= 15 is 0 Å². The van der Waals surface area contributed by atoms with E-state index < -0.39 is 10.0 Å². The number of hydrogen-bond acceptors (Lipinski definition) is 6. The van der Waals surface area contributed by atoms with Crippen molar-refractivity contribution in [3.05, 3.63) is 29.7 Å². The van der Waals surface area contributed by atoms with Crippen LogP contribution in [0.1, 0.15) is 17.4 Å². The third kappa shape index (κ3) is 2.75. The van der Waals surface area contributed by atoms with Gasteiger partial charge < -0.3 is 14.6 Å². The molecule has 3 N–H and O–H groups in total. The van der Waals surface area contributed by atoms with Crippen LogP contribution in [0, 0.1) is 6.92 Å². The van der Waals surface area contributed by atoms with Crippen molar-refractivity contribution in [1.82, 2.24) is 19.8 Å². The molecule has 18 heavy (non-hydrogen) atoms. The van der Waals surface area contributed by atoms with Gasteiger partial charge in [-0.15, -0.1) is 0 Å². The van der Waals surface area contributed by atoms with Crippen LogP contribution in [0.5, 0.6) is 0 Å². The molecule has 0 atom stereocenters. The second kappa shape index (κ2) is 4.88. The highest BCUT2D eigenvalue weighted by Crippen LogP contribution is 2.10. The maximum atomic E-state index is 11.8. The van der Waals surface area contributed by atoms with Crippen molar-refractivity contribution in [3.8, 4) is 0 Å². The van der Waals surface area contributed by atoms with Crippen molar-refractivity contribution in [1.29, 1.82) is 0 Å². The van der Waals surface area contributed by atoms with Gasteiger partial charge in [-0.2, -0.15) is 4.98 Å².